The number of nitrogens with zero attached hydrogens (tertiary/aromatic N) is 2. The summed E-state index contributed by atoms with van der Waals surface area (Å²) in [4.78, 5) is 16.9. The highest BCUT2D eigenvalue weighted by Gasteiger charge is 2.21. The molecule has 0 spiro atoms. The molecule has 0 atom stereocenters. The van der Waals surface area contributed by atoms with Crippen molar-refractivity contribution in [2.24, 2.45) is 5.73 Å². The van der Waals surface area contributed by atoms with E-state index in [2.05, 4.69) is 4.90 Å². The molecule has 1 amide bonds. The molecule has 2 aromatic carbocycles. The van der Waals surface area contributed by atoms with Crippen molar-refractivity contribution >= 4 is 41.5 Å². The maximum Gasteiger partial charge on any atom is 0.253 e. The van der Waals surface area contributed by atoms with Gasteiger partial charge < -0.3 is 10.6 Å². The van der Waals surface area contributed by atoms with E-state index in [9.17, 15) is 4.79 Å². The molecule has 0 aliphatic carbocycles. The van der Waals surface area contributed by atoms with Gasteiger partial charge in [0.2, 0.25) is 0 Å². The van der Waals surface area contributed by atoms with Gasteiger partial charge in [-0.2, -0.15) is 0 Å². The van der Waals surface area contributed by atoms with Crippen molar-refractivity contribution in [2.45, 2.75) is 13.0 Å². The topological polar surface area (TPSA) is 49.6 Å². The smallest absolute Gasteiger partial charge is 0.253 e. The molecule has 1 aliphatic heterocycles. The van der Waals surface area contributed by atoms with E-state index in [1.54, 1.807) is 0 Å². The van der Waals surface area contributed by atoms with Crippen LogP contribution in [0.5, 0.6) is 0 Å². The van der Waals surface area contributed by atoms with Gasteiger partial charge in [0.05, 0.1) is 10.0 Å². The van der Waals surface area contributed by atoms with Gasteiger partial charge in [-0.3, -0.25) is 9.69 Å². The van der Waals surface area contributed by atoms with Crippen molar-refractivity contribution in [2.75, 3.05) is 32.7 Å². The molecule has 0 saturated carbocycles. The Kier molecular flexibility index (Phi) is 8.39. The Morgan fingerprint density at radius 2 is 1.56 bits per heavy atom. The molecule has 1 aliphatic rings. The third-order valence-corrected chi connectivity index (χ3v) is 5.54. The molecule has 2 aromatic rings. The number of hydrogen-bond donors (Lipinski definition) is 1. The maximum atomic E-state index is 12.6. The highest BCUT2D eigenvalue weighted by Crippen LogP contribution is 2.23. The van der Waals surface area contributed by atoms with Gasteiger partial charge in [0.25, 0.3) is 5.91 Å². The lowest BCUT2D eigenvalue weighted by molar-refractivity contribution is 0.0638. The van der Waals surface area contributed by atoms with E-state index >= 15 is 0 Å². The van der Waals surface area contributed by atoms with E-state index in [1.807, 2.05) is 47.4 Å². The summed E-state index contributed by atoms with van der Waals surface area (Å²) < 4.78 is 0. The summed E-state index contributed by atoms with van der Waals surface area (Å²) in [5.41, 5.74) is 8.55. The summed E-state index contributed by atoms with van der Waals surface area (Å²) in [7, 11) is 0. The summed E-state index contributed by atoms with van der Waals surface area (Å²) in [5, 5.41) is 1.18. The summed E-state index contributed by atoms with van der Waals surface area (Å²) in [6, 6.07) is 13.3. The highest BCUT2D eigenvalue weighted by atomic mass is 35.5. The van der Waals surface area contributed by atoms with Gasteiger partial charge in [0, 0.05) is 44.8 Å². The molecule has 3 rings (SSSR count). The fourth-order valence-corrected chi connectivity index (χ4v) is 3.44. The van der Waals surface area contributed by atoms with Crippen LogP contribution in [0.2, 0.25) is 10.0 Å². The molecular weight excluding hydrogens is 405 g/mol. The van der Waals surface area contributed by atoms with Crippen LogP contribution in [0.4, 0.5) is 0 Å². The van der Waals surface area contributed by atoms with Crippen molar-refractivity contribution in [1.29, 1.82) is 0 Å². The highest BCUT2D eigenvalue weighted by molar-refractivity contribution is 6.42. The Balaban J connectivity index is 0.00000261. The Hall–Kier alpha value is -1.30. The van der Waals surface area contributed by atoms with E-state index in [0.717, 1.165) is 50.3 Å². The van der Waals surface area contributed by atoms with Crippen LogP contribution in [-0.4, -0.2) is 48.4 Å². The third kappa shape index (κ3) is 5.84. The lowest BCUT2D eigenvalue weighted by Gasteiger charge is -2.34. The minimum Gasteiger partial charge on any atom is -0.336 e. The number of hydrogen-bond acceptors (Lipinski definition) is 3. The van der Waals surface area contributed by atoms with E-state index in [-0.39, 0.29) is 18.3 Å². The van der Waals surface area contributed by atoms with Crippen LogP contribution in [0.15, 0.2) is 42.5 Å². The molecule has 1 heterocycles. The molecule has 146 valence electrons. The Bertz CT molecular complexity index is 760. The Morgan fingerprint density at radius 3 is 2.15 bits per heavy atom. The zero-order valence-corrected chi connectivity index (χ0v) is 17.4. The largest absolute Gasteiger partial charge is 0.336 e. The first-order valence-electron chi connectivity index (χ1n) is 8.81. The van der Waals surface area contributed by atoms with Crippen molar-refractivity contribution in [1.82, 2.24) is 9.80 Å². The second-order valence-corrected chi connectivity index (χ2v) is 7.35. The average molecular weight is 429 g/mol. The van der Waals surface area contributed by atoms with Gasteiger partial charge in [-0.25, -0.2) is 0 Å². The number of benzene rings is 2. The molecule has 0 aromatic heterocycles. The quantitative estimate of drug-likeness (QED) is 0.786. The minimum atomic E-state index is 0. The molecule has 0 unspecified atom stereocenters. The molecular formula is C20H24Cl3N3O. The van der Waals surface area contributed by atoms with Crippen LogP contribution < -0.4 is 5.73 Å². The van der Waals surface area contributed by atoms with Gasteiger partial charge >= 0.3 is 0 Å². The van der Waals surface area contributed by atoms with Gasteiger partial charge in [0.15, 0.2) is 0 Å². The second kappa shape index (κ2) is 10.3. The lowest BCUT2D eigenvalue weighted by Crippen LogP contribution is -2.49. The summed E-state index contributed by atoms with van der Waals surface area (Å²) in [5.74, 6) is 0.0951. The number of amides is 1. The SMILES string of the molecule is Cl.NCc1ccc(C(=O)N2CCN(CCc3ccc(Cl)c(Cl)c3)CC2)cc1. The van der Waals surface area contributed by atoms with Gasteiger partial charge in [-0.1, -0.05) is 41.4 Å². The predicted molar refractivity (Wildman–Crippen MR) is 114 cm³/mol. The fraction of sp³-hybridized carbons (Fsp3) is 0.350. The van der Waals surface area contributed by atoms with Gasteiger partial charge in [0.1, 0.15) is 0 Å². The number of carbonyl (C=O) groups is 1. The Labute approximate surface area is 176 Å². The number of piperazine rings is 1. The van der Waals surface area contributed by atoms with Crippen molar-refractivity contribution in [3.05, 3.63) is 69.2 Å². The third-order valence-electron chi connectivity index (χ3n) is 4.80. The van der Waals surface area contributed by atoms with Crippen LogP contribution in [0.1, 0.15) is 21.5 Å². The van der Waals surface area contributed by atoms with Crippen molar-refractivity contribution in [3.63, 3.8) is 0 Å². The Morgan fingerprint density at radius 1 is 0.926 bits per heavy atom. The monoisotopic (exact) mass is 427 g/mol. The van der Waals surface area contributed by atoms with E-state index < -0.39 is 0 Å². The molecule has 4 nitrogen and oxygen atoms in total. The predicted octanol–water partition coefficient (Wildman–Crippen LogP) is 3.87. The van der Waals surface area contributed by atoms with Crippen LogP contribution >= 0.6 is 35.6 Å². The maximum absolute atomic E-state index is 12.6. The molecule has 1 fully saturated rings. The fourth-order valence-electron chi connectivity index (χ4n) is 3.12. The molecule has 1 saturated heterocycles. The van der Waals surface area contributed by atoms with Gasteiger partial charge in [-0.05, 0) is 41.8 Å². The first kappa shape index (κ1) is 22.0. The zero-order chi connectivity index (χ0) is 18.5. The number of nitrogens with two attached hydrogens (primary N) is 1. The first-order valence-corrected chi connectivity index (χ1v) is 9.57. The molecule has 0 bridgehead atoms. The lowest BCUT2D eigenvalue weighted by atomic mass is 10.1. The van der Waals surface area contributed by atoms with E-state index in [1.165, 1.54) is 5.56 Å². The molecule has 7 heteroatoms. The minimum absolute atomic E-state index is 0. The van der Waals surface area contributed by atoms with Crippen LogP contribution in [0.25, 0.3) is 0 Å². The average Bonchev–Trinajstić information content (AvgIpc) is 2.69. The number of carbonyl (C=O) groups excluding carboxylic acids is 1. The number of rotatable bonds is 5. The standard InChI is InChI=1S/C20H23Cl2N3O.ClH/c21-18-6-3-15(13-19(18)22)7-8-24-9-11-25(12-10-24)20(26)17-4-1-16(14-23)2-5-17;/h1-6,13H,7-12,14,23H2;1H. The number of halogens is 3. The summed E-state index contributed by atoms with van der Waals surface area (Å²) in [6.07, 6.45) is 0.922. The second-order valence-electron chi connectivity index (χ2n) is 6.53. The van der Waals surface area contributed by atoms with Crippen LogP contribution in [-0.2, 0) is 13.0 Å². The molecule has 0 radical (unpaired) electrons. The van der Waals surface area contributed by atoms with Crippen molar-refractivity contribution in [3.8, 4) is 0 Å². The molecule has 27 heavy (non-hydrogen) atoms. The molecule has 2 N–H and O–H groups in total. The summed E-state index contributed by atoms with van der Waals surface area (Å²) >= 11 is 12.0. The van der Waals surface area contributed by atoms with Crippen LogP contribution in [0.3, 0.4) is 0 Å². The normalized spacial score (nSPS) is 14.7. The first-order chi connectivity index (χ1) is 12.6. The van der Waals surface area contributed by atoms with E-state index in [4.69, 9.17) is 28.9 Å². The van der Waals surface area contributed by atoms with Crippen LogP contribution in [0, 0.1) is 0 Å². The summed E-state index contributed by atoms with van der Waals surface area (Å²) in [6.45, 7) is 4.71. The van der Waals surface area contributed by atoms with Crippen molar-refractivity contribution < 1.29 is 4.79 Å². The van der Waals surface area contributed by atoms with E-state index in [0.29, 0.717) is 16.6 Å². The zero-order valence-electron chi connectivity index (χ0n) is 15.0. The van der Waals surface area contributed by atoms with Gasteiger partial charge in [-0.15, -0.1) is 12.4 Å².